The van der Waals surface area contributed by atoms with Crippen LogP contribution in [0.3, 0.4) is 0 Å². The van der Waals surface area contributed by atoms with E-state index in [0.29, 0.717) is 0 Å². The second-order valence-electron chi connectivity index (χ2n) is 11.1. The fourth-order valence-electron chi connectivity index (χ4n) is 6.03. The zero-order chi connectivity index (χ0) is 22.0. The van der Waals surface area contributed by atoms with Crippen LogP contribution in [0.4, 0.5) is 0 Å². The van der Waals surface area contributed by atoms with Gasteiger partial charge < -0.3 is 5.73 Å². The minimum Gasteiger partial charge on any atom is -0.330 e. The number of rotatable bonds is 9. The van der Waals surface area contributed by atoms with E-state index in [1.807, 2.05) is 0 Å². The Morgan fingerprint density at radius 3 is 2.00 bits per heavy atom. The van der Waals surface area contributed by atoms with Gasteiger partial charge in [-0.25, -0.2) is 0 Å². The standard InChI is InChI=1S/C29H59N/c1-5-7-11-18-28-19-13-10-8-9-12-17-27(26(4)6-2)23-22-25(3)16-14-20-29(28)21-15-24-30/h25-29H,5-24,30H2,1-4H3. The first-order valence-electron chi connectivity index (χ1n) is 14.3. The van der Waals surface area contributed by atoms with Crippen LogP contribution in [0.25, 0.3) is 0 Å². The maximum Gasteiger partial charge on any atom is -0.00772 e. The summed E-state index contributed by atoms with van der Waals surface area (Å²) < 4.78 is 0. The van der Waals surface area contributed by atoms with Crippen molar-refractivity contribution >= 4 is 0 Å². The van der Waals surface area contributed by atoms with E-state index in [1.165, 1.54) is 122 Å². The summed E-state index contributed by atoms with van der Waals surface area (Å²) in [4.78, 5) is 0. The molecule has 1 aliphatic carbocycles. The first kappa shape index (κ1) is 28.0. The molecule has 2 N–H and O–H groups in total. The average molecular weight is 422 g/mol. The van der Waals surface area contributed by atoms with E-state index in [0.717, 1.165) is 36.1 Å². The van der Waals surface area contributed by atoms with E-state index in [-0.39, 0.29) is 0 Å². The van der Waals surface area contributed by atoms with Crippen LogP contribution in [0.1, 0.15) is 150 Å². The smallest absolute Gasteiger partial charge is 0.00772 e. The Morgan fingerprint density at radius 2 is 1.33 bits per heavy atom. The molecule has 1 aliphatic rings. The van der Waals surface area contributed by atoms with Crippen LogP contribution >= 0.6 is 0 Å². The van der Waals surface area contributed by atoms with Crippen molar-refractivity contribution in [1.82, 2.24) is 0 Å². The molecule has 1 nitrogen and oxygen atoms in total. The molecule has 1 fully saturated rings. The zero-order valence-corrected chi connectivity index (χ0v) is 21.6. The number of hydrogen-bond donors (Lipinski definition) is 1. The lowest BCUT2D eigenvalue weighted by Gasteiger charge is -2.29. The number of hydrogen-bond acceptors (Lipinski definition) is 1. The van der Waals surface area contributed by atoms with Gasteiger partial charge in [-0.1, -0.05) is 130 Å². The Balaban J connectivity index is 2.69. The maximum atomic E-state index is 5.93. The molecule has 0 heterocycles. The third-order valence-electron chi connectivity index (χ3n) is 8.52. The SMILES string of the molecule is CCCCCC1CCCCCCCC(C(C)CC)CCC(C)CCCC1CCCN. The van der Waals surface area contributed by atoms with Gasteiger partial charge in [0.15, 0.2) is 0 Å². The van der Waals surface area contributed by atoms with Gasteiger partial charge in [-0.05, 0) is 55.4 Å². The Bertz CT molecular complexity index is 365. The summed E-state index contributed by atoms with van der Waals surface area (Å²) in [5, 5.41) is 0. The van der Waals surface area contributed by atoms with Crippen molar-refractivity contribution in [2.24, 2.45) is 35.3 Å². The highest BCUT2D eigenvalue weighted by atomic mass is 14.5. The topological polar surface area (TPSA) is 26.0 Å². The summed E-state index contributed by atoms with van der Waals surface area (Å²) in [7, 11) is 0. The minimum atomic E-state index is 0.881. The molecule has 5 atom stereocenters. The van der Waals surface area contributed by atoms with Crippen LogP contribution in [-0.2, 0) is 0 Å². The molecule has 0 aromatic heterocycles. The van der Waals surface area contributed by atoms with Gasteiger partial charge in [0.05, 0.1) is 0 Å². The molecule has 0 aromatic rings. The highest BCUT2D eigenvalue weighted by Crippen LogP contribution is 2.34. The normalized spacial score (nSPS) is 29.5. The van der Waals surface area contributed by atoms with Crippen molar-refractivity contribution in [3.05, 3.63) is 0 Å². The fourth-order valence-corrected chi connectivity index (χ4v) is 6.03. The zero-order valence-electron chi connectivity index (χ0n) is 21.6. The van der Waals surface area contributed by atoms with Crippen molar-refractivity contribution in [2.75, 3.05) is 6.54 Å². The molecule has 1 heteroatoms. The molecule has 180 valence electrons. The van der Waals surface area contributed by atoms with Gasteiger partial charge >= 0.3 is 0 Å². The summed E-state index contributed by atoms with van der Waals surface area (Å²) >= 11 is 0. The van der Waals surface area contributed by atoms with Crippen molar-refractivity contribution in [2.45, 2.75) is 150 Å². The Kier molecular flexibility index (Phi) is 17.3. The van der Waals surface area contributed by atoms with Crippen LogP contribution in [0.5, 0.6) is 0 Å². The van der Waals surface area contributed by atoms with Crippen LogP contribution in [0.15, 0.2) is 0 Å². The van der Waals surface area contributed by atoms with E-state index in [9.17, 15) is 0 Å². The third-order valence-corrected chi connectivity index (χ3v) is 8.52. The summed E-state index contributed by atoms with van der Waals surface area (Å²) in [6, 6.07) is 0. The number of nitrogens with two attached hydrogens (primary N) is 1. The fraction of sp³-hybridized carbons (Fsp3) is 1.00. The van der Waals surface area contributed by atoms with E-state index in [1.54, 1.807) is 0 Å². The molecule has 0 spiro atoms. The first-order valence-corrected chi connectivity index (χ1v) is 14.3. The third kappa shape index (κ3) is 12.7. The van der Waals surface area contributed by atoms with Gasteiger partial charge in [0.25, 0.3) is 0 Å². The Hall–Kier alpha value is -0.0400. The van der Waals surface area contributed by atoms with Gasteiger partial charge in [-0.2, -0.15) is 0 Å². The Labute approximate surface area is 191 Å². The first-order chi connectivity index (χ1) is 14.6. The van der Waals surface area contributed by atoms with E-state index < -0.39 is 0 Å². The molecule has 0 amide bonds. The second kappa shape index (κ2) is 18.5. The molecule has 0 aliphatic heterocycles. The predicted octanol–water partition coefficient (Wildman–Crippen LogP) is 9.53. The van der Waals surface area contributed by atoms with Crippen molar-refractivity contribution < 1.29 is 0 Å². The lowest BCUT2D eigenvalue weighted by Crippen LogP contribution is -2.18. The largest absolute Gasteiger partial charge is 0.330 e. The second-order valence-corrected chi connectivity index (χ2v) is 11.1. The molecule has 0 saturated heterocycles. The van der Waals surface area contributed by atoms with E-state index in [4.69, 9.17) is 5.73 Å². The van der Waals surface area contributed by atoms with Gasteiger partial charge in [0.2, 0.25) is 0 Å². The monoisotopic (exact) mass is 421 g/mol. The highest BCUT2D eigenvalue weighted by Gasteiger charge is 2.22. The molecule has 1 saturated carbocycles. The lowest BCUT2D eigenvalue weighted by molar-refractivity contribution is 0.229. The summed E-state index contributed by atoms with van der Waals surface area (Å²) in [5.74, 6) is 4.73. The predicted molar refractivity (Wildman–Crippen MR) is 137 cm³/mol. The number of unbranched alkanes of at least 4 members (excludes halogenated alkanes) is 2. The maximum absolute atomic E-state index is 5.93. The molecule has 30 heavy (non-hydrogen) atoms. The minimum absolute atomic E-state index is 0.881. The molecule has 0 radical (unpaired) electrons. The molecule has 0 aromatic carbocycles. The van der Waals surface area contributed by atoms with Gasteiger partial charge in [-0.15, -0.1) is 0 Å². The molecule has 0 bridgehead atoms. The lowest BCUT2D eigenvalue weighted by atomic mass is 9.77. The molecular formula is C29H59N. The van der Waals surface area contributed by atoms with E-state index in [2.05, 4.69) is 27.7 Å². The van der Waals surface area contributed by atoms with Crippen LogP contribution < -0.4 is 5.73 Å². The summed E-state index contributed by atoms with van der Waals surface area (Å²) in [5.41, 5.74) is 5.93. The summed E-state index contributed by atoms with van der Waals surface area (Å²) in [6.45, 7) is 10.7. The molecule has 1 rings (SSSR count). The van der Waals surface area contributed by atoms with Crippen molar-refractivity contribution in [3.8, 4) is 0 Å². The average Bonchev–Trinajstić information content (AvgIpc) is 2.75. The van der Waals surface area contributed by atoms with Crippen LogP contribution in [-0.4, -0.2) is 6.54 Å². The van der Waals surface area contributed by atoms with Gasteiger partial charge in [0.1, 0.15) is 0 Å². The van der Waals surface area contributed by atoms with E-state index >= 15 is 0 Å². The van der Waals surface area contributed by atoms with Crippen molar-refractivity contribution in [1.29, 1.82) is 0 Å². The van der Waals surface area contributed by atoms with Crippen molar-refractivity contribution in [3.63, 3.8) is 0 Å². The highest BCUT2D eigenvalue weighted by molar-refractivity contribution is 4.74. The van der Waals surface area contributed by atoms with Gasteiger partial charge in [0, 0.05) is 0 Å². The molecular weight excluding hydrogens is 362 g/mol. The van der Waals surface area contributed by atoms with Gasteiger partial charge in [-0.3, -0.25) is 0 Å². The quantitative estimate of drug-likeness (QED) is 0.368. The van der Waals surface area contributed by atoms with Crippen LogP contribution in [0.2, 0.25) is 0 Å². The molecule has 5 unspecified atom stereocenters. The Morgan fingerprint density at radius 1 is 0.700 bits per heavy atom. The summed E-state index contributed by atoms with van der Waals surface area (Å²) in [6.07, 6.45) is 27.4. The van der Waals surface area contributed by atoms with Crippen LogP contribution in [0, 0.1) is 29.6 Å².